The molecular weight excluding hydrogens is 286 g/mol. The molecular formula is C18H12F2O2. The summed E-state index contributed by atoms with van der Waals surface area (Å²) < 4.78 is 27.1. The fraction of sp³-hybridized carbons (Fsp3) is 0. The van der Waals surface area contributed by atoms with Crippen LogP contribution in [0.25, 0.3) is 22.3 Å². The van der Waals surface area contributed by atoms with Crippen LogP contribution in [-0.4, -0.2) is 10.2 Å². The molecule has 0 spiro atoms. The van der Waals surface area contributed by atoms with Gasteiger partial charge >= 0.3 is 0 Å². The molecule has 4 heteroatoms. The van der Waals surface area contributed by atoms with Gasteiger partial charge in [0.05, 0.1) is 0 Å². The van der Waals surface area contributed by atoms with Crippen LogP contribution < -0.4 is 0 Å². The lowest BCUT2D eigenvalue weighted by atomic mass is 9.98. The Morgan fingerprint density at radius 2 is 1.45 bits per heavy atom. The summed E-state index contributed by atoms with van der Waals surface area (Å²) in [4.78, 5) is 0. The van der Waals surface area contributed by atoms with Gasteiger partial charge in [0.25, 0.3) is 0 Å². The molecule has 3 aromatic rings. The molecule has 0 aliphatic heterocycles. The average molecular weight is 298 g/mol. The van der Waals surface area contributed by atoms with Crippen LogP contribution >= 0.6 is 0 Å². The minimum atomic E-state index is -0.609. The van der Waals surface area contributed by atoms with Gasteiger partial charge in [-0.05, 0) is 53.6 Å². The number of aromatic hydroxyl groups is 2. The monoisotopic (exact) mass is 298 g/mol. The van der Waals surface area contributed by atoms with Crippen molar-refractivity contribution in [3.05, 3.63) is 72.3 Å². The molecule has 0 fully saturated rings. The first kappa shape index (κ1) is 14.1. The van der Waals surface area contributed by atoms with Gasteiger partial charge in [0.15, 0.2) is 0 Å². The maximum atomic E-state index is 13.8. The standard InChI is InChI=1S/C18H12F2O2/c19-13-5-7-17(20)16(10-13)15-6-4-12(9-18(15)22)11-2-1-3-14(21)8-11/h1-10,21-22H. The molecule has 0 atom stereocenters. The van der Waals surface area contributed by atoms with E-state index in [1.54, 1.807) is 30.3 Å². The first-order valence-electron chi connectivity index (χ1n) is 6.62. The molecule has 0 heterocycles. The number of hydrogen-bond donors (Lipinski definition) is 2. The van der Waals surface area contributed by atoms with Crippen LogP contribution in [0.2, 0.25) is 0 Å². The van der Waals surface area contributed by atoms with Crippen LogP contribution in [0.4, 0.5) is 8.78 Å². The van der Waals surface area contributed by atoms with E-state index >= 15 is 0 Å². The van der Waals surface area contributed by atoms with E-state index in [9.17, 15) is 19.0 Å². The Balaban J connectivity index is 2.08. The van der Waals surface area contributed by atoms with Gasteiger partial charge in [-0.25, -0.2) is 8.78 Å². The highest BCUT2D eigenvalue weighted by Crippen LogP contribution is 2.35. The third-order valence-corrected chi connectivity index (χ3v) is 3.40. The van der Waals surface area contributed by atoms with Crippen molar-refractivity contribution in [2.45, 2.75) is 0 Å². The summed E-state index contributed by atoms with van der Waals surface area (Å²) in [6, 6.07) is 14.3. The van der Waals surface area contributed by atoms with Crippen molar-refractivity contribution < 1.29 is 19.0 Å². The quantitative estimate of drug-likeness (QED) is 0.719. The number of phenolic OH excluding ortho intramolecular Hbond substituents is 2. The predicted molar refractivity (Wildman–Crippen MR) is 80.6 cm³/mol. The number of phenols is 2. The second kappa shape index (κ2) is 5.48. The highest BCUT2D eigenvalue weighted by Gasteiger charge is 2.12. The van der Waals surface area contributed by atoms with E-state index in [-0.39, 0.29) is 22.6 Å². The average Bonchev–Trinajstić information content (AvgIpc) is 2.50. The normalized spacial score (nSPS) is 10.6. The van der Waals surface area contributed by atoms with E-state index in [1.807, 2.05) is 0 Å². The zero-order chi connectivity index (χ0) is 15.7. The molecule has 22 heavy (non-hydrogen) atoms. The molecule has 3 aromatic carbocycles. The number of halogens is 2. The summed E-state index contributed by atoms with van der Waals surface area (Å²) in [5.41, 5.74) is 1.58. The Morgan fingerprint density at radius 3 is 2.18 bits per heavy atom. The van der Waals surface area contributed by atoms with Gasteiger partial charge in [-0.2, -0.15) is 0 Å². The van der Waals surface area contributed by atoms with Crippen molar-refractivity contribution >= 4 is 0 Å². The van der Waals surface area contributed by atoms with Crippen molar-refractivity contribution in [1.82, 2.24) is 0 Å². The molecule has 2 nitrogen and oxygen atoms in total. The third kappa shape index (κ3) is 2.63. The van der Waals surface area contributed by atoms with Gasteiger partial charge < -0.3 is 10.2 Å². The Morgan fingerprint density at radius 1 is 0.682 bits per heavy atom. The fourth-order valence-corrected chi connectivity index (χ4v) is 2.33. The molecule has 0 bridgehead atoms. The molecule has 0 amide bonds. The number of rotatable bonds is 2. The molecule has 0 saturated heterocycles. The third-order valence-electron chi connectivity index (χ3n) is 3.40. The maximum Gasteiger partial charge on any atom is 0.131 e. The second-order valence-corrected chi connectivity index (χ2v) is 4.91. The molecule has 0 unspecified atom stereocenters. The van der Waals surface area contributed by atoms with Crippen LogP contribution in [-0.2, 0) is 0 Å². The van der Waals surface area contributed by atoms with Gasteiger partial charge in [-0.15, -0.1) is 0 Å². The SMILES string of the molecule is Oc1cccc(-c2ccc(-c3cc(F)ccc3F)c(O)c2)c1. The topological polar surface area (TPSA) is 40.5 Å². The summed E-state index contributed by atoms with van der Waals surface area (Å²) >= 11 is 0. The Hall–Kier alpha value is -2.88. The minimum Gasteiger partial charge on any atom is -0.508 e. The van der Waals surface area contributed by atoms with Crippen LogP contribution in [0.15, 0.2) is 60.7 Å². The summed E-state index contributed by atoms with van der Waals surface area (Å²) in [6.07, 6.45) is 0. The largest absolute Gasteiger partial charge is 0.508 e. The molecule has 2 N–H and O–H groups in total. The molecule has 0 aliphatic carbocycles. The van der Waals surface area contributed by atoms with E-state index < -0.39 is 11.6 Å². The first-order valence-corrected chi connectivity index (χ1v) is 6.62. The first-order chi connectivity index (χ1) is 10.5. The molecule has 110 valence electrons. The van der Waals surface area contributed by atoms with Crippen LogP contribution in [0.5, 0.6) is 11.5 Å². The van der Waals surface area contributed by atoms with Crippen molar-refractivity contribution in [3.63, 3.8) is 0 Å². The fourth-order valence-electron chi connectivity index (χ4n) is 2.33. The lowest BCUT2D eigenvalue weighted by Crippen LogP contribution is -1.88. The number of hydrogen-bond acceptors (Lipinski definition) is 2. The molecule has 3 rings (SSSR count). The van der Waals surface area contributed by atoms with Crippen molar-refractivity contribution in [2.24, 2.45) is 0 Å². The van der Waals surface area contributed by atoms with E-state index in [1.165, 1.54) is 12.1 Å². The van der Waals surface area contributed by atoms with Crippen LogP contribution in [0.1, 0.15) is 0 Å². The van der Waals surface area contributed by atoms with Crippen LogP contribution in [0, 0.1) is 11.6 Å². The molecule has 0 aliphatic rings. The second-order valence-electron chi connectivity index (χ2n) is 4.91. The Bertz CT molecular complexity index is 844. The van der Waals surface area contributed by atoms with Gasteiger partial charge in [-0.1, -0.05) is 18.2 Å². The highest BCUT2D eigenvalue weighted by atomic mass is 19.1. The van der Waals surface area contributed by atoms with Gasteiger partial charge in [0, 0.05) is 11.1 Å². The highest BCUT2D eigenvalue weighted by molar-refractivity contribution is 5.76. The maximum absolute atomic E-state index is 13.8. The Labute approximate surface area is 125 Å². The summed E-state index contributed by atoms with van der Waals surface area (Å²) in [5, 5.41) is 19.6. The Kier molecular flexibility index (Phi) is 3.51. The lowest BCUT2D eigenvalue weighted by molar-refractivity contribution is 0.474. The molecule has 0 aromatic heterocycles. The lowest BCUT2D eigenvalue weighted by Gasteiger charge is -2.09. The van der Waals surface area contributed by atoms with E-state index in [0.29, 0.717) is 11.1 Å². The van der Waals surface area contributed by atoms with Crippen molar-refractivity contribution in [1.29, 1.82) is 0 Å². The van der Waals surface area contributed by atoms with E-state index in [2.05, 4.69) is 0 Å². The number of benzene rings is 3. The summed E-state index contributed by atoms with van der Waals surface area (Å²) in [7, 11) is 0. The molecule has 0 radical (unpaired) electrons. The molecule has 0 saturated carbocycles. The summed E-state index contributed by atoms with van der Waals surface area (Å²) in [6.45, 7) is 0. The predicted octanol–water partition coefficient (Wildman–Crippen LogP) is 4.71. The van der Waals surface area contributed by atoms with Gasteiger partial charge in [-0.3, -0.25) is 0 Å². The zero-order valence-corrected chi connectivity index (χ0v) is 11.4. The van der Waals surface area contributed by atoms with E-state index in [0.717, 1.165) is 18.2 Å². The van der Waals surface area contributed by atoms with Gasteiger partial charge in [0.1, 0.15) is 23.1 Å². The van der Waals surface area contributed by atoms with Crippen molar-refractivity contribution in [2.75, 3.05) is 0 Å². The summed E-state index contributed by atoms with van der Waals surface area (Å²) in [5.74, 6) is -1.24. The van der Waals surface area contributed by atoms with Gasteiger partial charge in [0.2, 0.25) is 0 Å². The van der Waals surface area contributed by atoms with E-state index in [4.69, 9.17) is 0 Å². The van der Waals surface area contributed by atoms with Crippen LogP contribution in [0.3, 0.4) is 0 Å². The van der Waals surface area contributed by atoms with Crippen molar-refractivity contribution in [3.8, 4) is 33.8 Å². The zero-order valence-electron chi connectivity index (χ0n) is 11.4. The smallest absolute Gasteiger partial charge is 0.131 e. The minimum absolute atomic E-state index is 0.0000381.